The van der Waals surface area contributed by atoms with Gasteiger partial charge in [0, 0.05) is 33.2 Å². The van der Waals surface area contributed by atoms with Gasteiger partial charge in [0.1, 0.15) is 6.04 Å². The first-order valence-electron chi connectivity index (χ1n) is 7.79. The van der Waals surface area contributed by atoms with Crippen LogP contribution in [0.4, 0.5) is 0 Å². The monoisotopic (exact) mass is 320 g/mol. The molecule has 0 N–H and O–H groups in total. The zero-order valence-electron chi connectivity index (χ0n) is 14.4. The summed E-state index contributed by atoms with van der Waals surface area (Å²) in [5, 5.41) is 8.37. The fourth-order valence-corrected chi connectivity index (χ4v) is 3.13. The summed E-state index contributed by atoms with van der Waals surface area (Å²) in [7, 11) is 5.69. The Morgan fingerprint density at radius 1 is 1.26 bits per heavy atom. The minimum atomic E-state index is 0.118. The summed E-state index contributed by atoms with van der Waals surface area (Å²) in [6.45, 7) is 7.45. The van der Waals surface area contributed by atoms with Crippen LogP contribution >= 0.6 is 0 Å². The van der Waals surface area contributed by atoms with Crippen molar-refractivity contribution >= 4 is 0 Å². The first-order chi connectivity index (χ1) is 11.0. The second-order valence-electron chi connectivity index (χ2n) is 6.11. The van der Waals surface area contributed by atoms with E-state index in [1.807, 2.05) is 20.9 Å². The number of likely N-dealkylation sites (N-methyl/N-ethyl adjacent to an activating group) is 1. The summed E-state index contributed by atoms with van der Waals surface area (Å²) in [6.07, 6.45) is 0. The van der Waals surface area contributed by atoms with Gasteiger partial charge in [-0.05, 0) is 20.9 Å². The highest BCUT2D eigenvalue weighted by atomic mass is 16.5. The number of ether oxygens (including phenoxy) is 1. The van der Waals surface area contributed by atoms with E-state index in [-0.39, 0.29) is 6.04 Å². The summed E-state index contributed by atoms with van der Waals surface area (Å²) in [6, 6.07) is 0.118. The highest BCUT2D eigenvalue weighted by molar-refractivity contribution is 5.30. The molecule has 0 aromatic carbocycles. The third-order valence-corrected chi connectivity index (χ3v) is 4.42. The molecule has 0 aliphatic carbocycles. The molecule has 23 heavy (non-hydrogen) atoms. The Morgan fingerprint density at radius 3 is 2.70 bits per heavy atom. The van der Waals surface area contributed by atoms with Gasteiger partial charge in [0.2, 0.25) is 11.8 Å². The molecule has 3 heterocycles. The lowest BCUT2D eigenvalue weighted by atomic mass is 10.1. The number of piperazine rings is 1. The van der Waals surface area contributed by atoms with E-state index in [1.54, 1.807) is 11.8 Å². The Morgan fingerprint density at radius 2 is 2.04 bits per heavy atom. The third-order valence-electron chi connectivity index (χ3n) is 4.42. The molecule has 1 atom stereocenters. The van der Waals surface area contributed by atoms with Gasteiger partial charge < -0.3 is 9.26 Å². The summed E-state index contributed by atoms with van der Waals surface area (Å²) >= 11 is 0. The van der Waals surface area contributed by atoms with Crippen LogP contribution in [-0.4, -0.2) is 63.5 Å². The van der Waals surface area contributed by atoms with Crippen LogP contribution in [0.1, 0.15) is 29.0 Å². The number of hydrogen-bond donors (Lipinski definition) is 0. The lowest BCUT2D eigenvalue weighted by Crippen LogP contribution is -2.46. The molecule has 0 amide bonds. The van der Waals surface area contributed by atoms with Crippen molar-refractivity contribution in [3.63, 3.8) is 0 Å². The summed E-state index contributed by atoms with van der Waals surface area (Å²) < 4.78 is 12.7. The van der Waals surface area contributed by atoms with Gasteiger partial charge in [-0.15, -0.1) is 0 Å². The van der Waals surface area contributed by atoms with E-state index in [0.29, 0.717) is 11.7 Å². The van der Waals surface area contributed by atoms with Crippen LogP contribution in [0.15, 0.2) is 4.52 Å². The maximum absolute atomic E-state index is 5.50. The predicted molar refractivity (Wildman–Crippen MR) is 84.2 cm³/mol. The molecule has 1 aliphatic rings. The molecular formula is C15H24N6O2. The molecule has 1 aliphatic heterocycles. The van der Waals surface area contributed by atoms with Gasteiger partial charge in [0.05, 0.1) is 18.4 Å². The van der Waals surface area contributed by atoms with Gasteiger partial charge in [-0.1, -0.05) is 5.16 Å². The van der Waals surface area contributed by atoms with Gasteiger partial charge in [-0.2, -0.15) is 10.1 Å². The maximum atomic E-state index is 5.50. The molecule has 0 radical (unpaired) electrons. The Bertz CT molecular complexity index is 680. The van der Waals surface area contributed by atoms with Crippen LogP contribution in [0.3, 0.4) is 0 Å². The van der Waals surface area contributed by atoms with Gasteiger partial charge in [-0.25, -0.2) is 4.68 Å². The molecule has 2 aromatic heterocycles. The molecule has 8 nitrogen and oxygen atoms in total. The van der Waals surface area contributed by atoms with E-state index in [9.17, 15) is 0 Å². The maximum Gasteiger partial charge on any atom is 0.245 e. The Hall–Kier alpha value is -1.93. The van der Waals surface area contributed by atoms with Crippen molar-refractivity contribution in [2.75, 3.05) is 33.8 Å². The average Bonchev–Trinajstić information content (AvgIpc) is 3.05. The molecule has 3 rings (SSSR count). The quantitative estimate of drug-likeness (QED) is 0.829. The molecule has 0 spiro atoms. The number of aryl methyl sites for hydroxylation is 3. The number of aromatic nitrogens is 4. The van der Waals surface area contributed by atoms with Crippen LogP contribution in [-0.2, 0) is 13.6 Å². The molecule has 1 saturated heterocycles. The van der Waals surface area contributed by atoms with Gasteiger partial charge in [-0.3, -0.25) is 9.80 Å². The van der Waals surface area contributed by atoms with Crippen molar-refractivity contribution in [2.24, 2.45) is 7.05 Å². The van der Waals surface area contributed by atoms with Crippen molar-refractivity contribution in [1.29, 1.82) is 0 Å². The van der Waals surface area contributed by atoms with E-state index in [4.69, 9.17) is 9.26 Å². The van der Waals surface area contributed by atoms with Crippen LogP contribution in [0.25, 0.3) is 0 Å². The van der Waals surface area contributed by atoms with Crippen LogP contribution in [0.5, 0.6) is 5.88 Å². The molecule has 8 heteroatoms. The molecule has 0 unspecified atom stereocenters. The Kier molecular flexibility index (Phi) is 4.36. The highest BCUT2D eigenvalue weighted by Gasteiger charge is 2.31. The van der Waals surface area contributed by atoms with Crippen molar-refractivity contribution in [2.45, 2.75) is 26.4 Å². The summed E-state index contributed by atoms with van der Waals surface area (Å²) in [5.74, 6) is 2.19. The number of rotatable bonds is 4. The fourth-order valence-electron chi connectivity index (χ4n) is 3.13. The van der Waals surface area contributed by atoms with E-state index >= 15 is 0 Å². The van der Waals surface area contributed by atoms with Crippen LogP contribution < -0.4 is 4.74 Å². The van der Waals surface area contributed by atoms with Crippen LogP contribution in [0.2, 0.25) is 0 Å². The van der Waals surface area contributed by atoms with Crippen molar-refractivity contribution in [3.8, 4) is 5.88 Å². The molecule has 0 bridgehead atoms. The Labute approximate surface area is 136 Å². The van der Waals surface area contributed by atoms with Gasteiger partial charge in [0.15, 0.2) is 5.82 Å². The Balaban J connectivity index is 1.77. The van der Waals surface area contributed by atoms with E-state index < -0.39 is 0 Å². The van der Waals surface area contributed by atoms with E-state index in [1.165, 1.54) is 0 Å². The zero-order valence-corrected chi connectivity index (χ0v) is 14.4. The molecule has 2 aromatic rings. The standard InChI is InChI=1S/C15H24N6O2/c1-10-12(15(22-5)20(4)17-10)8-21-7-6-19(3)13(9-21)14-16-11(2)18-23-14/h13H,6-9H2,1-5H3/t13-/m0/s1. The molecular weight excluding hydrogens is 296 g/mol. The molecule has 0 saturated carbocycles. The second kappa shape index (κ2) is 6.29. The summed E-state index contributed by atoms with van der Waals surface area (Å²) in [4.78, 5) is 9.04. The van der Waals surface area contributed by atoms with Crippen molar-refractivity contribution in [3.05, 3.63) is 23.0 Å². The second-order valence-corrected chi connectivity index (χ2v) is 6.11. The lowest BCUT2D eigenvalue weighted by Gasteiger charge is -2.37. The molecule has 1 fully saturated rings. The van der Waals surface area contributed by atoms with Crippen molar-refractivity contribution < 1.29 is 9.26 Å². The summed E-state index contributed by atoms with van der Waals surface area (Å²) in [5.41, 5.74) is 2.15. The average molecular weight is 320 g/mol. The third kappa shape index (κ3) is 3.09. The first-order valence-corrected chi connectivity index (χ1v) is 7.79. The first kappa shape index (κ1) is 15.9. The van der Waals surface area contributed by atoms with Crippen molar-refractivity contribution in [1.82, 2.24) is 29.7 Å². The minimum Gasteiger partial charge on any atom is -0.481 e. The number of hydrogen-bond acceptors (Lipinski definition) is 7. The van der Waals surface area contributed by atoms with Gasteiger partial charge >= 0.3 is 0 Å². The van der Waals surface area contributed by atoms with Crippen LogP contribution in [0, 0.1) is 13.8 Å². The lowest BCUT2D eigenvalue weighted by molar-refractivity contribution is 0.0708. The smallest absolute Gasteiger partial charge is 0.245 e. The zero-order chi connectivity index (χ0) is 16.6. The number of nitrogens with zero attached hydrogens (tertiary/aromatic N) is 6. The minimum absolute atomic E-state index is 0.118. The van der Waals surface area contributed by atoms with E-state index in [0.717, 1.165) is 43.3 Å². The topological polar surface area (TPSA) is 72.5 Å². The predicted octanol–water partition coefficient (Wildman–Crippen LogP) is 0.917. The largest absolute Gasteiger partial charge is 0.481 e. The molecule has 126 valence electrons. The normalized spacial score (nSPS) is 20.1. The SMILES string of the molecule is COc1c(CN2CCN(C)[C@H](c3nc(C)no3)C2)c(C)nn1C. The highest BCUT2D eigenvalue weighted by Crippen LogP contribution is 2.27. The fraction of sp³-hybridized carbons (Fsp3) is 0.667. The number of methoxy groups -OCH3 is 1. The van der Waals surface area contributed by atoms with E-state index in [2.05, 4.69) is 32.1 Å². The van der Waals surface area contributed by atoms with Gasteiger partial charge in [0.25, 0.3) is 0 Å².